The van der Waals surface area contributed by atoms with E-state index in [2.05, 4.69) is 10.3 Å². The first-order valence-corrected chi connectivity index (χ1v) is 6.55. The van der Waals surface area contributed by atoms with Crippen molar-refractivity contribution in [3.05, 3.63) is 36.3 Å². The maximum atomic E-state index is 12.0. The van der Waals surface area contributed by atoms with E-state index < -0.39 is 0 Å². The van der Waals surface area contributed by atoms with E-state index in [-0.39, 0.29) is 5.91 Å². The quantitative estimate of drug-likeness (QED) is 0.898. The molecule has 4 heteroatoms. The van der Waals surface area contributed by atoms with Gasteiger partial charge in [-0.2, -0.15) is 0 Å². The smallest absolute Gasteiger partial charge is 0.271 e. The van der Waals surface area contributed by atoms with Crippen LogP contribution in [-0.2, 0) is 0 Å². The van der Waals surface area contributed by atoms with Crippen LogP contribution in [0.1, 0.15) is 36.2 Å². The highest BCUT2D eigenvalue weighted by molar-refractivity contribution is 5.92. The number of fused-ring (bicyclic) bond motifs is 1. The van der Waals surface area contributed by atoms with Gasteiger partial charge in [-0.05, 0) is 30.9 Å². The average Bonchev–Trinajstić information content (AvgIpc) is 3.04. The number of rotatable bonds is 3. The van der Waals surface area contributed by atoms with Crippen molar-refractivity contribution in [2.45, 2.75) is 25.7 Å². The molecular weight excluding hydrogens is 226 g/mol. The molecule has 0 aromatic carbocycles. The summed E-state index contributed by atoms with van der Waals surface area (Å²) in [6.45, 7) is 0.784. The van der Waals surface area contributed by atoms with Gasteiger partial charge in [-0.25, -0.2) is 4.98 Å². The summed E-state index contributed by atoms with van der Waals surface area (Å²) < 4.78 is 1.87. The lowest BCUT2D eigenvalue weighted by molar-refractivity contribution is 0.0943. The number of amides is 1. The van der Waals surface area contributed by atoms with E-state index in [0.29, 0.717) is 11.6 Å². The van der Waals surface area contributed by atoms with Gasteiger partial charge < -0.3 is 9.72 Å². The van der Waals surface area contributed by atoms with E-state index in [1.807, 2.05) is 28.8 Å². The van der Waals surface area contributed by atoms with Crippen LogP contribution in [0.5, 0.6) is 0 Å². The number of carbonyl (C=O) groups excluding carboxylic acids is 1. The van der Waals surface area contributed by atoms with Gasteiger partial charge in [0, 0.05) is 18.9 Å². The number of nitrogens with one attached hydrogen (secondary N) is 1. The molecular formula is C14H17N3O. The molecule has 94 valence electrons. The number of aromatic nitrogens is 2. The van der Waals surface area contributed by atoms with E-state index in [1.165, 1.54) is 25.7 Å². The molecule has 0 unspecified atom stereocenters. The van der Waals surface area contributed by atoms with Crippen molar-refractivity contribution in [2.75, 3.05) is 6.54 Å². The molecule has 1 amide bonds. The van der Waals surface area contributed by atoms with Crippen molar-refractivity contribution in [3.8, 4) is 0 Å². The summed E-state index contributed by atoms with van der Waals surface area (Å²) in [5.41, 5.74) is 1.31. The monoisotopic (exact) mass is 243 g/mol. The van der Waals surface area contributed by atoms with Gasteiger partial charge in [-0.3, -0.25) is 4.79 Å². The second-order valence-corrected chi connectivity index (χ2v) is 4.95. The van der Waals surface area contributed by atoms with E-state index in [9.17, 15) is 4.79 Å². The summed E-state index contributed by atoms with van der Waals surface area (Å²) in [5, 5.41) is 2.99. The van der Waals surface area contributed by atoms with Crippen LogP contribution in [0.2, 0.25) is 0 Å². The zero-order valence-electron chi connectivity index (χ0n) is 10.3. The fourth-order valence-corrected chi connectivity index (χ4v) is 2.59. The highest BCUT2D eigenvalue weighted by Crippen LogP contribution is 2.23. The number of pyridine rings is 1. The van der Waals surface area contributed by atoms with Crippen molar-refractivity contribution in [2.24, 2.45) is 5.92 Å². The fraction of sp³-hybridized carbons (Fsp3) is 0.429. The van der Waals surface area contributed by atoms with Crippen LogP contribution in [0, 0.1) is 5.92 Å². The van der Waals surface area contributed by atoms with Crippen LogP contribution < -0.4 is 5.32 Å². The molecule has 2 aromatic heterocycles. The predicted octanol–water partition coefficient (Wildman–Crippen LogP) is 2.25. The normalized spacial score (nSPS) is 16.2. The van der Waals surface area contributed by atoms with Gasteiger partial charge >= 0.3 is 0 Å². The van der Waals surface area contributed by atoms with Crippen molar-refractivity contribution < 1.29 is 4.79 Å². The van der Waals surface area contributed by atoms with Crippen molar-refractivity contribution in [3.63, 3.8) is 0 Å². The van der Waals surface area contributed by atoms with E-state index in [1.54, 1.807) is 6.20 Å². The largest absolute Gasteiger partial charge is 0.350 e. The Balaban J connectivity index is 1.67. The first-order chi connectivity index (χ1) is 8.83. The van der Waals surface area contributed by atoms with Crippen molar-refractivity contribution in [1.29, 1.82) is 0 Å². The molecule has 0 radical (unpaired) electrons. The minimum absolute atomic E-state index is 0.0643. The molecule has 0 saturated heterocycles. The van der Waals surface area contributed by atoms with Crippen LogP contribution in [0.25, 0.3) is 5.65 Å². The van der Waals surface area contributed by atoms with Crippen LogP contribution in [0.4, 0.5) is 0 Å². The van der Waals surface area contributed by atoms with Crippen LogP contribution in [-0.4, -0.2) is 21.8 Å². The second kappa shape index (κ2) is 4.80. The summed E-state index contributed by atoms with van der Waals surface area (Å²) in [5.74, 6) is 0.594. The summed E-state index contributed by atoms with van der Waals surface area (Å²) >= 11 is 0. The summed E-state index contributed by atoms with van der Waals surface area (Å²) in [7, 11) is 0. The Bertz CT molecular complexity index is 522. The summed E-state index contributed by atoms with van der Waals surface area (Å²) in [6, 6.07) is 5.74. The van der Waals surface area contributed by atoms with Gasteiger partial charge in [0.05, 0.1) is 0 Å². The average molecular weight is 243 g/mol. The van der Waals surface area contributed by atoms with Crippen LogP contribution >= 0.6 is 0 Å². The van der Waals surface area contributed by atoms with E-state index >= 15 is 0 Å². The number of hydrogen-bond acceptors (Lipinski definition) is 2. The molecule has 1 N–H and O–H groups in total. The molecule has 0 atom stereocenters. The standard InChI is InChI=1S/C14H17N3O/c18-14(15-9-11-5-1-2-6-11)12-10-17-8-4-3-7-13(17)16-12/h3-4,7-8,10-11H,1-2,5-6,9H2,(H,15,18). The molecule has 18 heavy (non-hydrogen) atoms. The van der Waals surface area contributed by atoms with E-state index in [0.717, 1.165) is 12.2 Å². The number of imidazole rings is 1. The van der Waals surface area contributed by atoms with Crippen LogP contribution in [0.15, 0.2) is 30.6 Å². The molecule has 0 aliphatic heterocycles. The molecule has 1 aliphatic rings. The third-order valence-electron chi connectivity index (χ3n) is 3.62. The van der Waals surface area contributed by atoms with Gasteiger partial charge in [0.25, 0.3) is 5.91 Å². The molecule has 2 aromatic rings. The molecule has 3 rings (SSSR count). The molecule has 1 saturated carbocycles. The summed E-state index contributed by atoms with van der Waals surface area (Å²) in [6.07, 6.45) is 8.76. The third kappa shape index (κ3) is 2.23. The molecule has 1 fully saturated rings. The second-order valence-electron chi connectivity index (χ2n) is 4.95. The molecule has 2 heterocycles. The Morgan fingerprint density at radius 1 is 1.39 bits per heavy atom. The number of carbonyl (C=O) groups is 1. The first kappa shape index (κ1) is 11.3. The minimum atomic E-state index is -0.0643. The van der Waals surface area contributed by atoms with E-state index in [4.69, 9.17) is 0 Å². The maximum absolute atomic E-state index is 12.0. The Morgan fingerprint density at radius 2 is 2.22 bits per heavy atom. The molecule has 0 spiro atoms. The van der Waals surface area contributed by atoms with Crippen molar-refractivity contribution in [1.82, 2.24) is 14.7 Å². The predicted molar refractivity (Wildman–Crippen MR) is 69.5 cm³/mol. The van der Waals surface area contributed by atoms with Gasteiger partial charge in [-0.15, -0.1) is 0 Å². The lowest BCUT2D eigenvalue weighted by atomic mass is 10.1. The van der Waals surface area contributed by atoms with Gasteiger partial charge in [0.15, 0.2) is 0 Å². The van der Waals surface area contributed by atoms with Gasteiger partial charge in [0.2, 0.25) is 0 Å². The molecule has 0 bridgehead atoms. The molecule has 4 nitrogen and oxygen atoms in total. The molecule has 1 aliphatic carbocycles. The zero-order valence-corrected chi connectivity index (χ0v) is 10.3. The Morgan fingerprint density at radius 3 is 3.00 bits per heavy atom. The maximum Gasteiger partial charge on any atom is 0.271 e. The van der Waals surface area contributed by atoms with Gasteiger partial charge in [0.1, 0.15) is 11.3 Å². The SMILES string of the molecule is O=C(NCC1CCCC1)c1cn2ccccc2n1. The minimum Gasteiger partial charge on any atom is -0.350 e. The lowest BCUT2D eigenvalue weighted by Crippen LogP contribution is -2.28. The topological polar surface area (TPSA) is 46.4 Å². The van der Waals surface area contributed by atoms with Gasteiger partial charge in [-0.1, -0.05) is 18.9 Å². The number of hydrogen-bond donors (Lipinski definition) is 1. The Kier molecular flexibility index (Phi) is 3.00. The third-order valence-corrected chi connectivity index (χ3v) is 3.62. The number of nitrogens with zero attached hydrogens (tertiary/aromatic N) is 2. The van der Waals surface area contributed by atoms with Crippen molar-refractivity contribution >= 4 is 11.6 Å². The fourth-order valence-electron chi connectivity index (χ4n) is 2.59. The van der Waals surface area contributed by atoms with Crippen LogP contribution in [0.3, 0.4) is 0 Å². The highest BCUT2D eigenvalue weighted by Gasteiger charge is 2.17. The summed E-state index contributed by atoms with van der Waals surface area (Å²) in [4.78, 5) is 16.3. The first-order valence-electron chi connectivity index (χ1n) is 6.55. The lowest BCUT2D eigenvalue weighted by Gasteiger charge is -2.08. The Labute approximate surface area is 106 Å². The zero-order chi connectivity index (χ0) is 12.4. The Hall–Kier alpha value is -1.84. The highest BCUT2D eigenvalue weighted by atomic mass is 16.1.